The molecule has 0 aromatic heterocycles. The first-order valence-corrected chi connectivity index (χ1v) is 7.47. The van der Waals surface area contributed by atoms with E-state index < -0.39 is 0 Å². The molecule has 0 atom stereocenters. The van der Waals surface area contributed by atoms with E-state index in [2.05, 4.69) is 52.0 Å². The maximum absolute atomic E-state index is 2.36. The zero-order valence-electron chi connectivity index (χ0n) is 12.7. The summed E-state index contributed by atoms with van der Waals surface area (Å²) in [5.41, 5.74) is 15.1. The van der Waals surface area contributed by atoms with E-state index in [0.29, 0.717) is 0 Å². The molecule has 4 rings (SSSR count). The molecule has 0 fully saturated rings. The second kappa shape index (κ2) is 3.85. The van der Waals surface area contributed by atoms with Crippen LogP contribution in [0.4, 0.5) is 0 Å². The molecule has 0 nitrogen and oxygen atoms in total. The van der Waals surface area contributed by atoms with Gasteiger partial charge in [-0.1, -0.05) is 35.4 Å². The molecule has 0 bridgehead atoms. The molecule has 0 heterocycles. The standard InChI is InChI=1S/C20H20/c1-11-5-13(3)19-15(7-11)9-17(19)18-10-16-8-12(2)6-14(4)20(16)18/h5-8H,9-10H2,1-4H3/b18-17-. The fourth-order valence-corrected chi connectivity index (χ4v) is 4.11. The Labute approximate surface area is 121 Å². The first kappa shape index (κ1) is 12.0. The average Bonchev–Trinajstić information content (AvgIpc) is 2.26. The van der Waals surface area contributed by atoms with Gasteiger partial charge in [-0.25, -0.2) is 0 Å². The average molecular weight is 260 g/mol. The molecule has 2 aliphatic rings. The lowest BCUT2D eigenvalue weighted by atomic mass is 9.69. The van der Waals surface area contributed by atoms with E-state index in [1.165, 1.54) is 46.2 Å². The van der Waals surface area contributed by atoms with Crippen LogP contribution in [0.15, 0.2) is 24.3 Å². The van der Waals surface area contributed by atoms with Crippen LogP contribution in [0, 0.1) is 27.7 Å². The van der Waals surface area contributed by atoms with E-state index in [4.69, 9.17) is 0 Å². The topological polar surface area (TPSA) is 0 Å². The Hall–Kier alpha value is -1.82. The van der Waals surface area contributed by atoms with Gasteiger partial charge in [0, 0.05) is 0 Å². The molecule has 0 amide bonds. The van der Waals surface area contributed by atoms with Gasteiger partial charge in [-0.2, -0.15) is 0 Å². The summed E-state index contributed by atoms with van der Waals surface area (Å²) in [5.74, 6) is 0. The first-order chi connectivity index (χ1) is 9.54. The van der Waals surface area contributed by atoms with Crippen molar-refractivity contribution in [1.29, 1.82) is 0 Å². The van der Waals surface area contributed by atoms with Crippen LogP contribution in [-0.4, -0.2) is 0 Å². The van der Waals surface area contributed by atoms with Crippen molar-refractivity contribution in [3.63, 3.8) is 0 Å². The predicted octanol–water partition coefficient (Wildman–Crippen LogP) is 4.94. The summed E-state index contributed by atoms with van der Waals surface area (Å²) in [6.45, 7) is 8.91. The van der Waals surface area contributed by atoms with E-state index in [9.17, 15) is 0 Å². The molecular weight excluding hydrogens is 240 g/mol. The zero-order valence-corrected chi connectivity index (χ0v) is 12.7. The van der Waals surface area contributed by atoms with E-state index >= 15 is 0 Å². The fraction of sp³-hybridized carbons (Fsp3) is 0.300. The third kappa shape index (κ3) is 1.48. The smallest absolute Gasteiger partial charge is 0.00103 e. The maximum Gasteiger partial charge on any atom is -0.00103 e. The third-order valence-corrected chi connectivity index (χ3v) is 4.83. The van der Waals surface area contributed by atoms with Crippen LogP contribution in [0.2, 0.25) is 0 Å². The predicted molar refractivity (Wildman–Crippen MR) is 86.1 cm³/mol. The third-order valence-electron chi connectivity index (χ3n) is 4.83. The molecule has 20 heavy (non-hydrogen) atoms. The maximum atomic E-state index is 2.36. The van der Waals surface area contributed by atoms with Gasteiger partial charge in [-0.15, -0.1) is 0 Å². The Balaban J connectivity index is 1.88. The van der Waals surface area contributed by atoms with E-state index in [-0.39, 0.29) is 0 Å². The summed E-state index contributed by atoms with van der Waals surface area (Å²) in [6.07, 6.45) is 2.33. The molecule has 0 unspecified atom stereocenters. The van der Waals surface area contributed by atoms with Crippen LogP contribution >= 0.6 is 0 Å². The lowest BCUT2D eigenvalue weighted by Crippen LogP contribution is -2.19. The van der Waals surface area contributed by atoms with Crippen LogP contribution in [0.1, 0.15) is 44.5 Å². The highest BCUT2D eigenvalue weighted by Gasteiger charge is 2.31. The highest BCUT2D eigenvalue weighted by molar-refractivity contribution is 6.03. The molecule has 0 spiro atoms. The molecule has 2 aromatic rings. The van der Waals surface area contributed by atoms with E-state index in [1.807, 2.05) is 0 Å². The Morgan fingerprint density at radius 1 is 0.600 bits per heavy atom. The molecule has 0 saturated heterocycles. The summed E-state index contributed by atoms with van der Waals surface area (Å²) in [4.78, 5) is 0. The van der Waals surface area contributed by atoms with Crippen molar-refractivity contribution in [3.8, 4) is 0 Å². The summed E-state index contributed by atoms with van der Waals surface area (Å²) >= 11 is 0. The molecule has 0 radical (unpaired) electrons. The summed E-state index contributed by atoms with van der Waals surface area (Å²) in [5, 5.41) is 0. The summed E-state index contributed by atoms with van der Waals surface area (Å²) < 4.78 is 0. The van der Waals surface area contributed by atoms with Gasteiger partial charge in [-0.3, -0.25) is 0 Å². The van der Waals surface area contributed by atoms with Crippen molar-refractivity contribution in [2.45, 2.75) is 40.5 Å². The van der Waals surface area contributed by atoms with Crippen molar-refractivity contribution < 1.29 is 0 Å². The van der Waals surface area contributed by atoms with Crippen LogP contribution in [-0.2, 0) is 12.8 Å². The SMILES string of the molecule is Cc1cc(C)c2c(c1)C/C2=C1\Cc2cc(C)cc(C)c21. The number of rotatable bonds is 0. The van der Waals surface area contributed by atoms with Crippen LogP contribution in [0.25, 0.3) is 11.1 Å². The summed E-state index contributed by atoms with van der Waals surface area (Å²) in [7, 11) is 0. The molecule has 2 aliphatic carbocycles. The fourth-order valence-electron chi connectivity index (χ4n) is 4.11. The van der Waals surface area contributed by atoms with Gasteiger partial charge >= 0.3 is 0 Å². The molecule has 0 saturated carbocycles. The Morgan fingerprint density at radius 3 is 1.35 bits per heavy atom. The van der Waals surface area contributed by atoms with Gasteiger partial charge in [0.15, 0.2) is 0 Å². The second-order valence-corrected chi connectivity index (χ2v) is 6.54. The van der Waals surface area contributed by atoms with Crippen LogP contribution < -0.4 is 0 Å². The quantitative estimate of drug-likeness (QED) is 0.629. The molecule has 0 aliphatic heterocycles. The van der Waals surface area contributed by atoms with Crippen LogP contribution in [0.5, 0.6) is 0 Å². The highest BCUT2D eigenvalue weighted by atomic mass is 14.3. The van der Waals surface area contributed by atoms with Gasteiger partial charge in [0.2, 0.25) is 0 Å². The highest BCUT2D eigenvalue weighted by Crippen LogP contribution is 2.48. The van der Waals surface area contributed by atoms with Gasteiger partial charge in [0.05, 0.1) is 0 Å². The number of fused-ring (bicyclic) bond motifs is 2. The van der Waals surface area contributed by atoms with Gasteiger partial charge in [-0.05, 0) is 85.1 Å². The van der Waals surface area contributed by atoms with Crippen molar-refractivity contribution in [3.05, 3.63) is 68.8 Å². The van der Waals surface area contributed by atoms with Crippen LogP contribution in [0.3, 0.4) is 0 Å². The minimum absolute atomic E-state index is 1.17. The second-order valence-electron chi connectivity index (χ2n) is 6.54. The summed E-state index contributed by atoms with van der Waals surface area (Å²) in [6, 6.07) is 9.35. The lowest BCUT2D eigenvalue weighted by molar-refractivity contribution is 1.07. The van der Waals surface area contributed by atoms with E-state index in [1.54, 1.807) is 22.3 Å². The van der Waals surface area contributed by atoms with Crippen molar-refractivity contribution in [2.24, 2.45) is 0 Å². The van der Waals surface area contributed by atoms with Crippen molar-refractivity contribution >= 4 is 11.1 Å². The Kier molecular flexibility index (Phi) is 2.30. The molecule has 100 valence electrons. The normalized spacial score (nSPS) is 19.0. The largest absolute Gasteiger partial charge is 0.0558 e. The Bertz CT molecular complexity index is 686. The van der Waals surface area contributed by atoms with Gasteiger partial charge < -0.3 is 0 Å². The monoisotopic (exact) mass is 260 g/mol. The molecule has 0 heteroatoms. The number of allylic oxidation sites excluding steroid dienone is 2. The number of benzene rings is 2. The molecule has 2 aromatic carbocycles. The van der Waals surface area contributed by atoms with Gasteiger partial charge in [0.25, 0.3) is 0 Å². The molecule has 0 N–H and O–H groups in total. The first-order valence-electron chi connectivity index (χ1n) is 7.47. The minimum atomic E-state index is 1.17. The van der Waals surface area contributed by atoms with Crippen molar-refractivity contribution in [1.82, 2.24) is 0 Å². The lowest BCUT2D eigenvalue weighted by Gasteiger charge is -2.35. The zero-order chi connectivity index (χ0) is 14.0. The minimum Gasteiger partial charge on any atom is -0.0558 e. The molecular formula is C20H20. The van der Waals surface area contributed by atoms with Gasteiger partial charge in [0.1, 0.15) is 0 Å². The Morgan fingerprint density at radius 2 is 1.00 bits per heavy atom. The number of hydrogen-bond donors (Lipinski definition) is 0. The van der Waals surface area contributed by atoms with E-state index in [0.717, 1.165) is 0 Å². The number of hydrogen-bond acceptors (Lipinski definition) is 0. The number of aryl methyl sites for hydroxylation is 4. The van der Waals surface area contributed by atoms with Crippen molar-refractivity contribution in [2.75, 3.05) is 0 Å².